The quantitative estimate of drug-likeness (QED) is 0.235. The van der Waals surface area contributed by atoms with E-state index in [4.69, 9.17) is 15.0 Å². The summed E-state index contributed by atoms with van der Waals surface area (Å²) in [6, 6.07) is 0. The molecule has 2 aliphatic rings. The van der Waals surface area contributed by atoms with E-state index < -0.39 is 0 Å². The van der Waals surface area contributed by atoms with Crippen LogP contribution in [0.3, 0.4) is 0 Å². The Morgan fingerprint density at radius 1 is 0.692 bits per heavy atom. The Labute approximate surface area is 238 Å². The highest BCUT2D eigenvalue weighted by molar-refractivity contribution is 5.44. The SMILES string of the molecule is C=CCN(CC=C)c1nc(NCCC2CC(C)(C)NC(C)(C)C2)nc(NCCC2CC(C)(C)NC(C)(C)C2)n1. The van der Waals surface area contributed by atoms with Gasteiger partial charge in [-0.2, -0.15) is 15.0 Å². The van der Waals surface area contributed by atoms with Crippen LogP contribution in [-0.2, 0) is 0 Å². The smallest absolute Gasteiger partial charge is 0.232 e. The van der Waals surface area contributed by atoms with Crippen LogP contribution >= 0.6 is 0 Å². The van der Waals surface area contributed by atoms with Gasteiger partial charge in [0.1, 0.15) is 0 Å². The molecule has 3 heterocycles. The number of nitrogens with zero attached hydrogens (tertiary/aromatic N) is 4. The number of hydrogen-bond acceptors (Lipinski definition) is 8. The minimum atomic E-state index is 0.151. The fraction of sp³-hybridized carbons (Fsp3) is 0.774. The van der Waals surface area contributed by atoms with Crippen LogP contribution < -0.4 is 26.2 Å². The number of piperidine rings is 2. The molecule has 0 amide bonds. The van der Waals surface area contributed by atoms with Crippen molar-refractivity contribution in [3.8, 4) is 0 Å². The fourth-order valence-corrected chi connectivity index (χ4v) is 7.47. The van der Waals surface area contributed by atoms with Crippen LogP contribution in [0, 0.1) is 11.8 Å². The van der Waals surface area contributed by atoms with E-state index in [-0.39, 0.29) is 22.2 Å². The summed E-state index contributed by atoms with van der Waals surface area (Å²) >= 11 is 0. The zero-order valence-corrected chi connectivity index (χ0v) is 26.1. The molecule has 8 nitrogen and oxygen atoms in total. The lowest BCUT2D eigenvalue weighted by molar-refractivity contribution is 0.125. The second-order valence-corrected chi connectivity index (χ2v) is 14.5. The molecule has 0 radical (unpaired) electrons. The fourth-order valence-electron chi connectivity index (χ4n) is 7.47. The zero-order chi connectivity index (χ0) is 28.9. The van der Waals surface area contributed by atoms with Crippen LogP contribution in [0.15, 0.2) is 25.3 Å². The normalized spacial score (nSPS) is 22.2. The topological polar surface area (TPSA) is 90.0 Å². The molecule has 0 saturated carbocycles. The summed E-state index contributed by atoms with van der Waals surface area (Å²) in [6.07, 6.45) is 10.6. The van der Waals surface area contributed by atoms with E-state index in [2.05, 4.69) is 94.7 Å². The molecule has 0 aromatic carbocycles. The number of rotatable bonds is 13. The maximum absolute atomic E-state index is 4.78. The average molecular weight is 541 g/mol. The van der Waals surface area contributed by atoms with E-state index in [1.165, 1.54) is 25.7 Å². The van der Waals surface area contributed by atoms with Gasteiger partial charge in [-0.1, -0.05) is 12.2 Å². The van der Waals surface area contributed by atoms with Crippen molar-refractivity contribution in [1.82, 2.24) is 25.6 Å². The third-order valence-electron chi connectivity index (χ3n) is 7.83. The van der Waals surface area contributed by atoms with Crippen LogP contribution in [-0.4, -0.2) is 63.3 Å². The van der Waals surface area contributed by atoms with Crippen molar-refractivity contribution < 1.29 is 0 Å². The van der Waals surface area contributed by atoms with Crippen LogP contribution in [0.4, 0.5) is 17.8 Å². The minimum absolute atomic E-state index is 0.151. The van der Waals surface area contributed by atoms with Gasteiger partial charge in [0, 0.05) is 48.3 Å². The summed E-state index contributed by atoms with van der Waals surface area (Å²) in [6.45, 7) is 29.3. The number of nitrogens with one attached hydrogen (secondary N) is 4. The Balaban J connectivity index is 1.67. The van der Waals surface area contributed by atoms with Gasteiger partial charge in [0.25, 0.3) is 0 Å². The predicted molar refractivity (Wildman–Crippen MR) is 167 cm³/mol. The second-order valence-electron chi connectivity index (χ2n) is 14.5. The Morgan fingerprint density at radius 3 is 1.38 bits per heavy atom. The summed E-state index contributed by atoms with van der Waals surface area (Å²) < 4.78 is 0. The van der Waals surface area contributed by atoms with E-state index in [0.29, 0.717) is 42.8 Å². The zero-order valence-electron chi connectivity index (χ0n) is 26.1. The first kappa shape index (κ1) is 31.3. The lowest BCUT2D eigenvalue weighted by Gasteiger charge is -2.46. The first-order valence-electron chi connectivity index (χ1n) is 14.9. The molecule has 3 rings (SSSR count). The molecule has 39 heavy (non-hydrogen) atoms. The monoisotopic (exact) mass is 540 g/mol. The van der Waals surface area contributed by atoms with Crippen LogP contribution in [0.1, 0.15) is 93.9 Å². The molecule has 0 bridgehead atoms. The van der Waals surface area contributed by atoms with Crippen LogP contribution in [0.2, 0.25) is 0 Å². The Hall–Kier alpha value is -2.19. The Kier molecular flexibility index (Phi) is 10.1. The van der Waals surface area contributed by atoms with Gasteiger partial charge in [-0.25, -0.2) is 0 Å². The third-order valence-corrected chi connectivity index (χ3v) is 7.83. The number of hydrogen-bond donors (Lipinski definition) is 4. The summed E-state index contributed by atoms with van der Waals surface area (Å²) in [4.78, 5) is 16.4. The van der Waals surface area contributed by atoms with Crippen LogP contribution in [0.25, 0.3) is 0 Å². The Bertz CT molecular complexity index is 863. The molecule has 4 N–H and O–H groups in total. The van der Waals surface area contributed by atoms with Crippen molar-refractivity contribution in [3.05, 3.63) is 25.3 Å². The largest absolute Gasteiger partial charge is 0.354 e. The van der Waals surface area contributed by atoms with Gasteiger partial charge < -0.3 is 26.2 Å². The molecule has 2 fully saturated rings. The molecular formula is C31H56N8. The van der Waals surface area contributed by atoms with Gasteiger partial charge in [-0.05, 0) is 106 Å². The standard InChI is InChI=1S/C31H56N8/c1-11-17-39(18-12-2)27-35-25(32-15-13-23-19-28(3,4)37-29(5,6)20-23)34-26(36-27)33-16-14-24-21-30(7,8)38-31(9,10)22-24/h11-12,23-24,37-38H,1-2,13-22H2,3-10H3,(H2,32,33,34,35,36). The third kappa shape index (κ3) is 10.1. The molecule has 1 aromatic heterocycles. The first-order chi connectivity index (χ1) is 18.1. The van der Waals surface area contributed by atoms with E-state index >= 15 is 0 Å². The van der Waals surface area contributed by atoms with Gasteiger partial charge in [-0.15, -0.1) is 13.2 Å². The van der Waals surface area contributed by atoms with Crippen molar-refractivity contribution >= 4 is 17.8 Å². The molecule has 0 atom stereocenters. The summed E-state index contributed by atoms with van der Waals surface area (Å²) in [5, 5.41) is 14.6. The lowest BCUT2D eigenvalue weighted by atomic mass is 9.75. The van der Waals surface area contributed by atoms with Gasteiger partial charge >= 0.3 is 0 Å². The highest BCUT2D eigenvalue weighted by Gasteiger charge is 2.38. The van der Waals surface area contributed by atoms with E-state index in [9.17, 15) is 0 Å². The molecule has 0 unspecified atom stereocenters. The lowest BCUT2D eigenvalue weighted by Crippen LogP contribution is -2.57. The number of aromatic nitrogens is 3. The van der Waals surface area contributed by atoms with Gasteiger partial charge in [0.2, 0.25) is 17.8 Å². The molecule has 0 spiro atoms. The molecule has 220 valence electrons. The highest BCUT2D eigenvalue weighted by Crippen LogP contribution is 2.35. The molecule has 2 saturated heterocycles. The molecule has 0 aliphatic carbocycles. The Morgan fingerprint density at radius 2 is 1.05 bits per heavy atom. The van der Waals surface area contributed by atoms with Crippen molar-refractivity contribution in [2.75, 3.05) is 41.7 Å². The van der Waals surface area contributed by atoms with E-state index in [0.717, 1.165) is 25.9 Å². The van der Waals surface area contributed by atoms with Gasteiger partial charge in [-0.3, -0.25) is 0 Å². The summed E-state index contributed by atoms with van der Waals surface area (Å²) in [5.74, 6) is 3.19. The van der Waals surface area contributed by atoms with Crippen molar-refractivity contribution in [1.29, 1.82) is 0 Å². The molecule has 2 aliphatic heterocycles. The summed E-state index contributed by atoms with van der Waals surface area (Å²) in [5.41, 5.74) is 0.605. The van der Waals surface area contributed by atoms with Crippen molar-refractivity contribution in [2.24, 2.45) is 11.8 Å². The van der Waals surface area contributed by atoms with Crippen molar-refractivity contribution in [2.45, 2.75) is 116 Å². The van der Waals surface area contributed by atoms with Gasteiger partial charge in [0.15, 0.2) is 0 Å². The maximum Gasteiger partial charge on any atom is 0.232 e. The molecular weight excluding hydrogens is 484 g/mol. The second kappa shape index (κ2) is 12.5. The van der Waals surface area contributed by atoms with Crippen molar-refractivity contribution in [3.63, 3.8) is 0 Å². The highest BCUT2D eigenvalue weighted by atomic mass is 15.3. The predicted octanol–water partition coefficient (Wildman–Crippen LogP) is 5.77. The van der Waals surface area contributed by atoms with Crippen LogP contribution in [0.5, 0.6) is 0 Å². The average Bonchev–Trinajstić information content (AvgIpc) is 2.74. The first-order valence-corrected chi connectivity index (χ1v) is 14.9. The summed E-state index contributed by atoms with van der Waals surface area (Å²) in [7, 11) is 0. The van der Waals surface area contributed by atoms with E-state index in [1.54, 1.807) is 0 Å². The maximum atomic E-state index is 4.78. The molecule has 1 aromatic rings. The van der Waals surface area contributed by atoms with Gasteiger partial charge in [0.05, 0.1) is 0 Å². The molecule has 8 heteroatoms. The number of anilines is 3. The van der Waals surface area contributed by atoms with E-state index in [1.807, 2.05) is 12.2 Å². The minimum Gasteiger partial charge on any atom is -0.354 e.